The van der Waals surface area contributed by atoms with E-state index in [1.807, 2.05) is 30.3 Å². The quantitative estimate of drug-likeness (QED) is 0.642. The van der Waals surface area contributed by atoms with Gasteiger partial charge in [0.05, 0.1) is 0 Å². The predicted octanol–water partition coefficient (Wildman–Crippen LogP) is 2.49. The van der Waals surface area contributed by atoms with E-state index in [1.54, 1.807) is 6.20 Å². The fourth-order valence-electron chi connectivity index (χ4n) is 1.76. The van der Waals surface area contributed by atoms with Crippen LogP contribution in [0.25, 0.3) is 22.3 Å². The lowest BCUT2D eigenvalue weighted by Crippen LogP contribution is -1.92. The molecule has 0 unspecified atom stereocenters. The summed E-state index contributed by atoms with van der Waals surface area (Å²) in [6.07, 6.45) is 1.68. The molecule has 0 bridgehead atoms. The number of pyridine rings is 1. The van der Waals surface area contributed by atoms with E-state index in [-0.39, 0.29) is 11.7 Å². The van der Waals surface area contributed by atoms with Gasteiger partial charge in [-0.3, -0.25) is 9.78 Å². The molecule has 3 aromatic rings. The van der Waals surface area contributed by atoms with Crippen molar-refractivity contribution in [3.05, 3.63) is 42.4 Å². The number of carbonyl (C=O) groups is 1. The molecule has 0 atom stereocenters. The second kappa shape index (κ2) is 4.03. The first-order valence-electron chi connectivity index (χ1n) is 5.44. The van der Waals surface area contributed by atoms with Crippen LogP contribution < -0.4 is 0 Å². The molecular formula is C13H9N3O2. The van der Waals surface area contributed by atoms with Gasteiger partial charge in [-0.1, -0.05) is 29.4 Å². The Kier molecular flexibility index (Phi) is 2.37. The van der Waals surface area contributed by atoms with Crippen LogP contribution in [0.15, 0.2) is 41.1 Å². The second-order valence-electron chi connectivity index (χ2n) is 3.86. The van der Waals surface area contributed by atoms with Crippen LogP contribution in [-0.4, -0.2) is 20.9 Å². The van der Waals surface area contributed by atoms with Gasteiger partial charge in [0.15, 0.2) is 0 Å². The van der Waals surface area contributed by atoms with Crippen molar-refractivity contribution in [1.29, 1.82) is 0 Å². The number of hydrogen-bond acceptors (Lipinski definition) is 5. The molecule has 0 spiro atoms. The molecule has 0 saturated carbocycles. The summed E-state index contributed by atoms with van der Waals surface area (Å²) in [4.78, 5) is 19.4. The lowest BCUT2D eigenvalue weighted by Gasteiger charge is -2.00. The highest BCUT2D eigenvalue weighted by atomic mass is 16.5. The summed E-state index contributed by atoms with van der Waals surface area (Å²) in [6.45, 7) is 1.38. The number of fused-ring (bicyclic) bond motifs is 1. The SMILES string of the molecule is CC(=O)c1nc(-c2nccc3ccccc23)no1. The number of carbonyl (C=O) groups excluding carboxylic acids is 1. The van der Waals surface area contributed by atoms with Gasteiger partial charge in [0, 0.05) is 18.5 Å². The Morgan fingerprint density at radius 3 is 2.83 bits per heavy atom. The van der Waals surface area contributed by atoms with Gasteiger partial charge in [0.2, 0.25) is 11.6 Å². The fraction of sp³-hybridized carbons (Fsp3) is 0.0769. The van der Waals surface area contributed by atoms with Crippen molar-refractivity contribution in [3.63, 3.8) is 0 Å². The minimum Gasteiger partial charge on any atom is -0.330 e. The summed E-state index contributed by atoms with van der Waals surface area (Å²) in [5.41, 5.74) is 0.615. The Morgan fingerprint density at radius 1 is 1.22 bits per heavy atom. The van der Waals surface area contributed by atoms with E-state index >= 15 is 0 Å². The van der Waals surface area contributed by atoms with E-state index in [9.17, 15) is 4.79 Å². The van der Waals surface area contributed by atoms with E-state index in [0.717, 1.165) is 10.8 Å². The van der Waals surface area contributed by atoms with Gasteiger partial charge in [0.1, 0.15) is 5.69 Å². The van der Waals surface area contributed by atoms with Gasteiger partial charge in [-0.2, -0.15) is 4.98 Å². The Labute approximate surface area is 102 Å². The lowest BCUT2D eigenvalue weighted by molar-refractivity contribution is 0.0972. The Morgan fingerprint density at radius 2 is 2.06 bits per heavy atom. The first-order valence-corrected chi connectivity index (χ1v) is 5.44. The molecule has 1 aromatic carbocycles. The molecule has 3 rings (SSSR count). The number of Topliss-reactive ketones (excluding diaryl/α,β-unsaturated/α-hetero) is 1. The van der Waals surface area contributed by atoms with Crippen molar-refractivity contribution >= 4 is 16.6 Å². The maximum absolute atomic E-state index is 11.1. The molecule has 0 amide bonds. The van der Waals surface area contributed by atoms with Crippen LogP contribution in [0.4, 0.5) is 0 Å². The first-order chi connectivity index (χ1) is 8.75. The van der Waals surface area contributed by atoms with Crippen LogP contribution in [0, 0.1) is 0 Å². The molecule has 18 heavy (non-hydrogen) atoms. The van der Waals surface area contributed by atoms with Crippen molar-refractivity contribution in [3.8, 4) is 11.5 Å². The molecule has 2 aromatic heterocycles. The highest BCUT2D eigenvalue weighted by Crippen LogP contribution is 2.23. The summed E-state index contributed by atoms with van der Waals surface area (Å²) in [7, 11) is 0. The molecule has 88 valence electrons. The van der Waals surface area contributed by atoms with Crippen molar-refractivity contribution < 1.29 is 9.32 Å². The minimum absolute atomic E-state index is 0.000246. The van der Waals surface area contributed by atoms with Gasteiger partial charge in [-0.15, -0.1) is 0 Å². The monoisotopic (exact) mass is 239 g/mol. The zero-order valence-electron chi connectivity index (χ0n) is 9.62. The molecule has 0 radical (unpaired) electrons. The van der Waals surface area contributed by atoms with E-state index < -0.39 is 0 Å². The van der Waals surface area contributed by atoms with Crippen LogP contribution in [0.3, 0.4) is 0 Å². The third kappa shape index (κ3) is 1.66. The largest absolute Gasteiger partial charge is 0.330 e. The van der Waals surface area contributed by atoms with E-state index in [1.165, 1.54) is 6.92 Å². The molecule has 0 fully saturated rings. The molecule has 5 heteroatoms. The maximum Gasteiger partial charge on any atom is 0.294 e. The summed E-state index contributed by atoms with van der Waals surface area (Å²) >= 11 is 0. The summed E-state index contributed by atoms with van der Waals surface area (Å²) in [5.74, 6) is 0.0747. The fourth-order valence-corrected chi connectivity index (χ4v) is 1.76. The molecule has 0 aliphatic rings. The maximum atomic E-state index is 11.1. The molecule has 5 nitrogen and oxygen atoms in total. The van der Waals surface area contributed by atoms with Crippen molar-refractivity contribution in [1.82, 2.24) is 15.1 Å². The molecule has 0 saturated heterocycles. The van der Waals surface area contributed by atoms with Crippen LogP contribution in [0.1, 0.15) is 17.6 Å². The predicted molar refractivity (Wildman–Crippen MR) is 65.0 cm³/mol. The van der Waals surface area contributed by atoms with Crippen molar-refractivity contribution in [2.45, 2.75) is 6.92 Å². The van der Waals surface area contributed by atoms with Gasteiger partial charge in [0.25, 0.3) is 5.89 Å². The Bertz CT molecular complexity index is 728. The summed E-state index contributed by atoms with van der Waals surface area (Å²) in [6, 6.07) is 9.68. The van der Waals surface area contributed by atoms with Crippen LogP contribution >= 0.6 is 0 Å². The Balaban J connectivity index is 2.21. The highest BCUT2D eigenvalue weighted by molar-refractivity contribution is 5.94. The number of hydrogen-bond donors (Lipinski definition) is 0. The zero-order chi connectivity index (χ0) is 12.5. The normalized spacial score (nSPS) is 10.7. The second-order valence-corrected chi connectivity index (χ2v) is 3.86. The molecular weight excluding hydrogens is 230 g/mol. The van der Waals surface area contributed by atoms with Crippen LogP contribution in [0.5, 0.6) is 0 Å². The van der Waals surface area contributed by atoms with E-state index in [2.05, 4.69) is 15.1 Å². The topological polar surface area (TPSA) is 68.9 Å². The standard InChI is InChI=1S/C13H9N3O2/c1-8(17)13-15-12(16-18-13)11-10-5-3-2-4-9(10)6-7-14-11/h2-7H,1H3. The summed E-state index contributed by atoms with van der Waals surface area (Å²) < 4.78 is 4.88. The van der Waals surface area contributed by atoms with Crippen LogP contribution in [-0.2, 0) is 0 Å². The number of benzene rings is 1. The third-order valence-electron chi connectivity index (χ3n) is 2.61. The van der Waals surface area contributed by atoms with Gasteiger partial charge >= 0.3 is 0 Å². The molecule has 0 aliphatic heterocycles. The smallest absolute Gasteiger partial charge is 0.294 e. The zero-order valence-corrected chi connectivity index (χ0v) is 9.62. The van der Waals surface area contributed by atoms with Crippen molar-refractivity contribution in [2.24, 2.45) is 0 Å². The molecule has 0 N–H and O–H groups in total. The molecule has 2 heterocycles. The average Bonchev–Trinajstić information content (AvgIpc) is 2.87. The highest BCUT2D eigenvalue weighted by Gasteiger charge is 2.14. The number of aromatic nitrogens is 3. The van der Waals surface area contributed by atoms with Crippen molar-refractivity contribution in [2.75, 3.05) is 0 Å². The Hall–Kier alpha value is -2.56. The summed E-state index contributed by atoms with van der Waals surface area (Å²) in [5, 5.41) is 5.75. The molecule has 0 aliphatic carbocycles. The lowest BCUT2D eigenvalue weighted by atomic mass is 10.1. The number of rotatable bonds is 2. The first kappa shape index (κ1) is 10.6. The third-order valence-corrected chi connectivity index (χ3v) is 2.61. The van der Waals surface area contributed by atoms with Crippen LogP contribution in [0.2, 0.25) is 0 Å². The minimum atomic E-state index is -0.256. The van der Waals surface area contributed by atoms with Gasteiger partial charge in [-0.25, -0.2) is 0 Å². The number of ketones is 1. The van der Waals surface area contributed by atoms with E-state index in [4.69, 9.17) is 4.52 Å². The number of nitrogens with zero attached hydrogens (tertiary/aromatic N) is 3. The van der Waals surface area contributed by atoms with Gasteiger partial charge < -0.3 is 4.52 Å². The average molecular weight is 239 g/mol. The van der Waals surface area contributed by atoms with Gasteiger partial charge in [-0.05, 0) is 11.5 Å². The van der Waals surface area contributed by atoms with E-state index in [0.29, 0.717) is 11.5 Å².